The predicted octanol–water partition coefficient (Wildman–Crippen LogP) is 3.36. The summed E-state index contributed by atoms with van der Waals surface area (Å²) >= 11 is 5.99. The molecule has 0 aliphatic carbocycles. The van der Waals surface area contributed by atoms with Gasteiger partial charge in [-0.1, -0.05) is 11.6 Å². The van der Waals surface area contributed by atoms with E-state index >= 15 is 0 Å². The number of rotatable bonds is 3. The average Bonchev–Trinajstić information content (AvgIpc) is 3.00. The fourth-order valence-corrected chi connectivity index (χ4v) is 2.67. The largest absolute Gasteiger partial charge is 0.492 e. The second-order valence-electron chi connectivity index (χ2n) is 5.21. The number of fused-ring (bicyclic) bond motifs is 1. The molecule has 0 bridgehead atoms. The number of hydrogen-bond donors (Lipinski definition) is 1. The Labute approximate surface area is 128 Å². The molecule has 1 aliphatic heterocycles. The molecule has 0 fully saturated rings. The molecule has 1 N–H and O–H groups in total. The van der Waals surface area contributed by atoms with Crippen LogP contribution in [0.3, 0.4) is 0 Å². The lowest BCUT2D eigenvalue weighted by Crippen LogP contribution is -2.38. The molecule has 0 saturated heterocycles. The molecule has 2 heterocycles. The van der Waals surface area contributed by atoms with Gasteiger partial charge in [-0.05, 0) is 49.2 Å². The molecule has 110 valence electrons. The number of ether oxygens (including phenoxy) is 1. The lowest BCUT2D eigenvalue weighted by atomic mass is 9.95. The molecular weight excluding hydrogens is 290 g/mol. The first-order valence-electron chi connectivity index (χ1n) is 6.88. The number of nitrogens with one attached hydrogen (secondary N) is 1. The van der Waals surface area contributed by atoms with Crippen molar-refractivity contribution < 1.29 is 13.9 Å². The van der Waals surface area contributed by atoms with Crippen LogP contribution in [0.25, 0.3) is 0 Å². The Morgan fingerprint density at radius 2 is 2.29 bits per heavy atom. The lowest BCUT2D eigenvalue weighted by molar-refractivity contribution is -0.127. The van der Waals surface area contributed by atoms with Crippen LogP contribution in [0.4, 0.5) is 0 Å². The van der Waals surface area contributed by atoms with Crippen molar-refractivity contribution >= 4 is 17.5 Å². The van der Waals surface area contributed by atoms with Gasteiger partial charge >= 0.3 is 0 Å². The molecule has 5 heteroatoms. The van der Waals surface area contributed by atoms with E-state index in [1.807, 2.05) is 25.1 Å². The number of carbonyl (C=O) groups is 1. The first-order valence-corrected chi connectivity index (χ1v) is 7.26. The Kier molecular flexibility index (Phi) is 3.88. The summed E-state index contributed by atoms with van der Waals surface area (Å²) in [5.74, 6) is 1.30. The summed E-state index contributed by atoms with van der Waals surface area (Å²) in [5, 5.41) is 3.61. The third-order valence-electron chi connectivity index (χ3n) is 3.63. The highest BCUT2D eigenvalue weighted by molar-refractivity contribution is 6.30. The van der Waals surface area contributed by atoms with Crippen LogP contribution >= 0.6 is 11.6 Å². The van der Waals surface area contributed by atoms with E-state index in [1.54, 1.807) is 18.4 Å². The van der Waals surface area contributed by atoms with Crippen LogP contribution in [-0.4, -0.2) is 12.5 Å². The third kappa shape index (κ3) is 3.05. The van der Waals surface area contributed by atoms with Crippen molar-refractivity contribution in [3.63, 3.8) is 0 Å². The van der Waals surface area contributed by atoms with Gasteiger partial charge in [0.15, 0.2) is 0 Å². The molecule has 1 aliphatic rings. The minimum atomic E-state index is -0.214. The summed E-state index contributed by atoms with van der Waals surface area (Å²) in [6.07, 6.45) is 2.23. The van der Waals surface area contributed by atoms with Crippen LogP contribution in [-0.2, 0) is 11.2 Å². The molecule has 4 nitrogen and oxygen atoms in total. The monoisotopic (exact) mass is 305 g/mol. The van der Waals surface area contributed by atoms with Crippen LogP contribution in [0.5, 0.6) is 5.75 Å². The SMILES string of the molecule is C[C@H](NC(=O)[C@H]1COc2ccc(Cl)cc2C1)c1ccco1. The zero-order valence-corrected chi connectivity index (χ0v) is 12.4. The Bertz CT molecular complexity index is 639. The van der Waals surface area contributed by atoms with Crippen LogP contribution in [0, 0.1) is 5.92 Å². The van der Waals surface area contributed by atoms with Crippen LogP contribution < -0.4 is 10.1 Å². The van der Waals surface area contributed by atoms with Crippen LogP contribution in [0.1, 0.15) is 24.3 Å². The lowest BCUT2D eigenvalue weighted by Gasteiger charge is -2.25. The quantitative estimate of drug-likeness (QED) is 0.946. The molecule has 0 saturated carbocycles. The van der Waals surface area contributed by atoms with Crippen molar-refractivity contribution in [2.45, 2.75) is 19.4 Å². The molecule has 1 amide bonds. The number of hydrogen-bond acceptors (Lipinski definition) is 3. The van der Waals surface area contributed by atoms with Crippen molar-refractivity contribution in [1.29, 1.82) is 0 Å². The van der Waals surface area contributed by atoms with Crippen LogP contribution in [0.15, 0.2) is 41.0 Å². The molecule has 0 radical (unpaired) electrons. The minimum Gasteiger partial charge on any atom is -0.492 e. The second kappa shape index (κ2) is 5.82. The fourth-order valence-electron chi connectivity index (χ4n) is 2.47. The normalized spacial score (nSPS) is 18.5. The number of halogens is 1. The maximum absolute atomic E-state index is 12.3. The second-order valence-corrected chi connectivity index (χ2v) is 5.65. The van der Waals surface area contributed by atoms with E-state index in [-0.39, 0.29) is 17.9 Å². The molecule has 1 aromatic carbocycles. The van der Waals surface area contributed by atoms with Crippen molar-refractivity contribution in [3.05, 3.63) is 52.9 Å². The van der Waals surface area contributed by atoms with E-state index in [0.717, 1.165) is 17.1 Å². The molecule has 2 aromatic rings. The number of carbonyl (C=O) groups excluding carboxylic acids is 1. The van der Waals surface area contributed by atoms with Crippen LogP contribution in [0.2, 0.25) is 5.02 Å². The van der Waals surface area contributed by atoms with Gasteiger partial charge in [0.1, 0.15) is 18.1 Å². The summed E-state index contributed by atoms with van der Waals surface area (Å²) in [5.41, 5.74) is 0.972. The Morgan fingerprint density at radius 3 is 3.05 bits per heavy atom. The molecule has 3 rings (SSSR count). The molecule has 2 atom stereocenters. The smallest absolute Gasteiger partial charge is 0.227 e. The van der Waals surface area contributed by atoms with Gasteiger partial charge in [-0.2, -0.15) is 0 Å². The summed E-state index contributed by atoms with van der Waals surface area (Å²) in [4.78, 5) is 12.3. The first-order chi connectivity index (χ1) is 10.1. The molecule has 0 unspecified atom stereocenters. The van der Waals surface area contributed by atoms with E-state index < -0.39 is 0 Å². The maximum atomic E-state index is 12.3. The highest BCUT2D eigenvalue weighted by atomic mass is 35.5. The Morgan fingerprint density at radius 1 is 1.43 bits per heavy atom. The third-order valence-corrected chi connectivity index (χ3v) is 3.86. The van der Waals surface area contributed by atoms with Gasteiger partial charge in [0.05, 0.1) is 18.2 Å². The van der Waals surface area contributed by atoms with Crippen molar-refractivity contribution in [1.82, 2.24) is 5.32 Å². The summed E-state index contributed by atoms with van der Waals surface area (Å²) in [6.45, 7) is 2.27. The van der Waals surface area contributed by atoms with Crippen molar-refractivity contribution in [2.75, 3.05) is 6.61 Å². The van der Waals surface area contributed by atoms with E-state index in [2.05, 4.69) is 5.32 Å². The van der Waals surface area contributed by atoms with Gasteiger partial charge in [-0.25, -0.2) is 0 Å². The highest BCUT2D eigenvalue weighted by Gasteiger charge is 2.27. The van der Waals surface area contributed by atoms with Gasteiger partial charge in [0.2, 0.25) is 5.91 Å². The average molecular weight is 306 g/mol. The molecule has 0 spiro atoms. The number of amides is 1. The van der Waals surface area contributed by atoms with Gasteiger partial charge in [0, 0.05) is 5.02 Å². The Balaban J connectivity index is 1.67. The van der Waals surface area contributed by atoms with E-state index in [0.29, 0.717) is 18.1 Å². The first kappa shape index (κ1) is 14.0. The predicted molar refractivity (Wildman–Crippen MR) is 79.4 cm³/mol. The van der Waals surface area contributed by atoms with Gasteiger partial charge in [-0.3, -0.25) is 4.79 Å². The Hall–Kier alpha value is -1.94. The fraction of sp³-hybridized carbons (Fsp3) is 0.312. The number of benzene rings is 1. The zero-order valence-electron chi connectivity index (χ0n) is 11.6. The van der Waals surface area contributed by atoms with E-state index in [1.165, 1.54) is 0 Å². The standard InChI is InChI=1S/C16H16ClNO3/c1-10(14-3-2-6-20-14)18-16(19)12-7-11-8-13(17)4-5-15(11)21-9-12/h2-6,8,10,12H,7,9H2,1H3,(H,18,19)/t10-,12+/m0/s1. The van der Waals surface area contributed by atoms with Gasteiger partial charge < -0.3 is 14.5 Å². The van der Waals surface area contributed by atoms with Crippen molar-refractivity contribution in [3.8, 4) is 5.75 Å². The van der Waals surface area contributed by atoms with E-state index in [9.17, 15) is 4.79 Å². The summed E-state index contributed by atoms with van der Waals surface area (Å²) in [7, 11) is 0. The molecular formula is C16H16ClNO3. The van der Waals surface area contributed by atoms with E-state index in [4.69, 9.17) is 20.8 Å². The molecule has 21 heavy (non-hydrogen) atoms. The summed E-state index contributed by atoms with van der Waals surface area (Å²) in [6, 6.07) is 8.98. The zero-order chi connectivity index (χ0) is 14.8. The van der Waals surface area contributed by atoms with Crippen molar-refractivity contribution in [2.24, 2.45) is 5.92 Å². The molecule has 1 aromatic heterocycles. The number of furan rings is 1. The minimum absolute atomic E-state index is 0.0375. The maximum Gasteiger partial charge on any atom is 0.227 e. The topological polar surface area (TPSA) is 51.5 Å². The van der Waals surface area contributed by atoms with Gasteiger partial charge in [-0.15, -0.1) is 0 Å². The highest BCUT2D eigenvalue weighted by Crippen LogP contribution is 2.30. The van der Waals surface area contributed by atoms with Gasteiger partial charge in [0.25, 0.3) is 0 Å². The summed E-state index contributed by atoms with van der Waals surface area (Å²) < 4.78 is 10.9.